The number of thiazole rings is 1. The molecule has 0 aliphatic rings. The summed E-state index contributed by atoms with van der Waals surface area (Å²) < 4.78 is 8.01. The van der Waals surface area contributed by atoms with Crippen LogP contribution in [-0.2, 0) is 6.54 Å². The molecule has 0 fully saturated rings. The van der Waals surface area contributed by atoms with Crippen LogP contribution in [-0.4, -0.2) is 17.6 Å². The van der Waals surface area contributed by atoms with Crippen LogP contribution in [0.1, 0.15) is 10.4 Å². The zero-order valence-electron chi connectivity index (χ0n) is 12.5. The second kappa shape index (κ2) is 6.51. The Morgan fingerprint density at radius 2 is 2.00 bits per heavy atom. The molecule has 1 heterocycles. The van der Waals surface area contributed by atoms with Crippen LogP contribution in [0.3, 0.4) is 0 Å². The van der Waals surface area contributed by atoms with Crippen LogP contribution >= 0.6 is 11.3 Å². The normalized spacial score (nSPS) is 11.4. The molecule has 0 N–H and O–H groups in total. The van der Waals surface area contributed by atoms with Crippen LogP contribution < -0.4 is 9.54 Å². The topological polar surface area (TPSA) is 43.6 Å². The molecule has 0 saturated heterocycles. The first-order valence-corrected chi connectivity index (χ1v) is 7.79. The molecule has 1 amide bonds. The van der Waals surface area contributed by atoms with E-state index in [2.05, 4.69) is 10.9 Å². The SMILES string of the molecule is C#CCn1c(=NC(=O)c2ccc(OC)cc2)sc2ccccc21. The van der Waals surface area contributed by atoms with E-state index in [4.69, 9.17) is 11.2 Å². The van der Waals surface area contributed by atoms with Crippen molar-refractivity contribution in [3.8, 4) is 18.1 Å². The van der Waals surface area contributed by atoms with Crippen molar-refractivity contribution in [3.63, 3.8) is 0 Å². The number of ether oxygens (including phenoxy) is 1. The van der Waals surface area contributed by atoms with Gasteiger partial charge in [0.2, 0.25) is 0 Å². The van der Waals surface area contributed by atoms with Crippen molar-refractivity contribution >= 4 is 27.5 Å². The molecule has 3 aromatic rings. The van der Waals surface area contributed by atoms with Crippen LogP contribution in [0.25, 0.3) is 10.2 Å². The predicted molar refractivity (Wildman–Crippen MR) is 91.5 cm³/mol. The smallest absolute Gasteiger partial charge is 0.279 e. The number of methoxy groups -OCH3 is 1. The molecule has 0 aliphatic heterocycles. The van der Waals surface area contributed by atoms with E-state index >= 15 is 0 Å². The Labute approximate surface area is 137 Å². The Kier molecular flexibility index (Phi) is 4.26. The van der Waals surface area contributed by atoms with E-state index in [-0.39, 0.29) is 5.91 Å². The summed E-state index contributed by atoms with van der Waals surface area (Å²) in [5, 5.41) is 0. The molecule has 3 rings (SSSR count). The number of rotatable bonds is 3. The number of fused-ring (bicyclic) bond motifs is 1. The number of para-hydroxylation sites is 1. The second-order valence-electron chi connectivity index (χ2n) is 4.79. The highest BCUT2D eigenvalue weighted by atomic mass is 32.1. The van der Waals surface area contributed by atoms with E-state index in [1.165, 1.54) is 11.3 Å². The predicted octanol–water partition coefficient (Wildman–Crippen LogP) is 3.09. The lowest BCUT2D eigenvalue weighted by Crippen LogP contribution is -2.16. The fraction of sp³-hybridized carbons (Fsp3) is 0.111. The summed E-state index contributed by atoms with van der Waals surface area (Å²) in [6.45, 7) is 0.374. The summed E-state index contributed by atoms with van der Waals surface area (Å²) >= 11 is 1.45. The zero-order chi connectivity index (χ0) is 16.2. The van der Waals surface area contributed by atoms with Gasteiger partial charge >= 0.3 is 0 Å². The molecule has 0 spiro atoms. The lowest BCUT2D eigenvalue weighted by Gasteiger charge is -2.01. The quantitative estimate of drug-likeness (QED) is 0.696. The largest absolute Gasteiger partial charge is 0.497 e. The molecule has 0 aliphatic carbocycles. The maximum Gasteiger partial charge on any atom is 0.279 e. The minimum Gasteiger partial charge on any atom is -0.497 e. The van der Waals surface area contributed by atoms with Crippen molar-refractivity contribution in [1.29, 1.82) is 0 Å². The lowest BCUT2D eigenvalue weighted by molar-refractivity contribution is 0.0998. The first kappa shape index (κ1) is 15.1. The second-order valence-corrected chi connectivity index (χ2v) is 5.80. The number of aromatic nitrogens is 1. The molecular weight excluding hydrogens is 308 g/mol. The van der Waals surface area contributed by atoms with E-state index < -0.39 is 0 Å². The van der Waals surface area contributed by atoms with Gasteiger partial charge in [-0.25, -0.2) is 0 Å². The third-order valence-electron chi connectivity index (χ3n) is 3.37. The van der Waals surface area contributed by atoms with Crippen LogP contribution in [0.2, 0.25) is 0 Å². The first-order chi connectivity index (χ1) is 11.2. The standard InChI is InChI=1S/C18H14N2O2S/c1-3-12-20-15-6-4-5-7-16(15)23-18(20)19-17(21)13-8-10-14(22-2)11-9-13/h1,4-11H,12H2,2H3. The number of terminal acetylenes is 1. The summed E-state index contributed by atoms with van der Waals surface area (Å²) in [5.41, 5.74) is 1.49. The van der Waals surface area contributed by atoms with E-state index in [0.29, 0.717) is 22.7 Å². The Bertz CT molecular complexity index is 959. The number of hydrogen-bond acceptors (Lipinski definition) is 3. The summed E-state index contributed by atoms with van der Waals surface area (Å²) in [7, 11) is 1.58. The van der Waals surface area contributed by atoms with Gasteiger partial charge in [0.25, 0.3) is 5.91 Å². The van der Waals surface area contributed by atoms with Crippen molar-refractivity contribution in [1.82, 2.24) is 4.57 Å². The number of carbonyl (C=O) groups is 1. The van der Waals surface area contributed by atoms with Crippen LogP contribution in [0.5, 0.6) is 5.75 Å². The zero-order valence-corrected chi connectivity index (χ0v) is 13.3. The molecule has 0 atom stereocenters. The highest BCUT2D eigenvalue weighted by molar-refractivity contribution is 7.16. The average Bonchev–Trinajstić information content (AvgIpc) is 2.93. The number of amides is 1. The van der Waals surface area contributed by atoms with Gasteiger partial charge in [0.1, 0.15) is 5.75 Å². The molecule has 2 aromatic carbocycles. The third-order valence-corrected chi connectivity index (χ3v) is 4.43. The first-order valence-electron chi connectivity index (χ1n) is 6.98. The van der Waals surface area contributed by atoms with Gasteiger partial charge in [0.15, 0.2) is 4.80 Å². The van der Waals surface area contributed by atoms with Gasteiger partial charge in [-0.2, -0.15) is 4.99 Å². The molecule has 0 unspecified atom stereocenters. The maximum atomic E-state index is 12.4. The Balaban J connectivity index is 2.07. The number of hydrogen-bond donors (Lipinski definition) is 0. The van der Waals surface area contributed by atoms with Crippen molar-refractivity contribution in [2.75, 3.05) is 7.11 Å². The van der Waals surface area contributed by atoms with Gasteiger partial charge < -0.3 is 9.30 Å². The maximum absolute atomic E-state index is 12.4. The minimum atomic E-state index is -0.301. The molecule has 1 aromatic heterocycles. The molecule has 23 heavy (non-hydrogen) atoms. The number of benzene rings is 2. The van der Waals surface area contributed by atoms with Gasteiger partial charge in [-0.1, -0.05) is 29.4 Å². The van der Waals surface area contributed by atoms with Crippen molar-refractivity contribution in [3.05, 3.63) is 58.9 Å². The number of nitrogens with zero attached hydrogens (tertiary/aromatic N) is 2. The molecule has 0 radical (unpaired) electrons. The Morgan fingerprint density at radius 3 is 2.70 bits per heavy atom. The van der Waals surface area contributed by atoms with E-state index in [1.807, 2.05) is 28.8 Å². The van der Waals surface area contributed by atoms with Gasteiger partial charge in [-0.05, 0) is 36.4 Å². The van der Waals surface area contributed by atoms with Gasteiger partial charge in [-0.15, -0.1) is 6.42 Å². The summed E-state index contributed by atoms with van der Waals surface area (Å²) in [4.78, 5) is 17.2. The van der Waals surface area contributed by atoms with Crippen LogP contribution in [0.15, 0.2) is 53.5 Å². The summed E-state index contributed by atoms with van der Waals surface area (Å²) in [6.07, 6.45) is 5.45. The molecule has 4 nitrogen and oxygen atoms in total. The van der Waals surface area contributed by atoms with Gasteiger partial charge in [0.05, 0.1) is 23.9 Å². The van der Waals surface area contributed by atoms with Crippen LogP contribution in [0, 0.1) is 12.3 Å². The Hall–Kier alpha value is -2.84. The van der Waals surface area contributed by atoms with Crippen LogP contribution in [0.4, 0.5) is 0 Å². The highest BCUT2D eigenvalue weighted by Gasteiger charge is 2.08. The molecule has 5 heteroatoms. The molecule has 114 valence electrons. The van der Waals surface area contributed by atoms with Gasteiger partial charge in [-0.3, -0.25) is 4.79 Å². The number of carbonyl (C=O) groups excluding carboxylic acids is 1. The average molecular weight is 322 g/mol. The molecular formula is C18H14N2O2S. The van der Waals surface area contributed by atoms with Crippen molar-refractivity contribution in [2.24, 2.45) is 4.99 Å². The van der Waals surface area contributed by atoms with E-state index in [1.54, 1.807) is 31.4 Å². The third kappa shape index (κ3) is 3.03. The highest BCUT2D eigenvalue weighted by Crippen LogP contribution is 2.17. The summed E-state index contributed by atoms with van der Waals surface area (Å²) in [6, 6.07) is 14.7. The minimum absolute atomic E-state index is 0.301. The molecule has 0 bridgehead atoms. The van der Waals surface area contributed by atoms with E-state index in [9.17, 15) is 4.79 Å². The fourth-order valence-electron chi connectivity index (χ4n) is 2.24. The fourth-order valence-corrected chi connectivity index (χ4v) is 3.26. The van der Waals surface area contributed by atoms with Crippen molar-refractivity contribution < 1.29 is 9.53 Å². The lowest BCUT2D eigenvalue weighted by atomic mass is 10.2. The Morgan fingerprint density at radius 1 is 1.26 bits per heavy atom. The van der Waals surface area contributed by atoms with E-state index in [0.717, 1.165) is 10.2 Å². The summed E-state index contributed by atoms with van der Waals surface area (Å²) in [5.74, 6) is 3.01. The molecule has 0 saturated carbocycles. The van der Waals surface area contributed by atoms with Gasteiger partial charge in [0, 0.05) is 5.56 Å². The van der Waals surface area contributed by atoms with Crippen molar-refractivity contribution in [2.45, 2.75) is 6.54 Å². The monoisotopic (exact) mass is 322 g/mol.